The van der Waals surface area contributed by atoms with Gasteiger partial charge >= 0.3 is 0 Å². The summed E-state index contributed by atoms with van der Waals surface area (Å²) >= 11 is 0. The number of hydrogen-bond donors (Lipinski definition) is 1. The molecular formula is C21H24N4O. The molecule has 0 saturated carbocycles. The maximum atomic E-state index is 12.9. The summed E-state index contributed by atoms with van der Waals surface area (Å²) < 4.78 is 2.07. The van der Waals surface area contributed by atoms with Crippen molar-refractivity contribution in [3.05, 3.63) is 90.0 Å². The largest absolute Gasteiger partial charge is 0.338 e. The van der Waals surface area contributed by atoms with Crippen LogP contribution in [0.1, 0.15) is 22.9 Å². The van der Waals surface area contributed by atoms with Crippen molar-refractivity contribution >= 4 is 5.91 Å². The summed E-state index contributed by atoms with van der Waals surface area (Å²) in [4.78, 5) is 19.0. The van der Waals surface area contributed by atoms with Crippen molar-refractivity contribution in [3.8, 4) is 0 Å². The number of hydrogen-bond acceptors (Lipinski definition) is 3. The summed E-state index contributed by atoms with van der Waals surface area (Å²) in [5, 5.41) is 0. The summed E-state index contributed by atoms with van der Waals surface area (Å²) in [5.41, 5.74) is 8.02. The van der Waals surface area contributed by atoms with Gasteiger partial charge in [0, 0.05) is 32.5 Å². The smallest absolute Gasteiger partial charge is 0.231 e. The van der Waals surface area contributed by atoms with Gasteiger partial charge in [0.05, 0.1) is 12.5 Å². The molecule has 134 valence electrons. The number of likely N-dealkylation sites (N-methyl/N-ethyl adjacent to an activating group) is 1. The summed E-state index contributed by atoms with van der Waals surface area (Å²) in [5.74, 6) is 0.528. The molecule has 0 aliphatic carbocycles. The van der Waals surface area contributed by atoms with E-state index in [0.29, 0.717) is 6.54 Å². The van der Waals surface area contributed by atoms with Crippen LogP contribution in [0.2, 0.25) is 0 Å². The van der Waals surface area contributed by atoms with Crippen molar-refractivity contribution < 1.29 is 4.79 Å². The second-order valence-electron chi connectivity index (χ2n) is 6.35. The summed E-state index contributed by atoms with van der Waals surface area (Å²) in [6, 6.07) is 19.9. The fourth-order valence-corrected chi connectivity index (χ4v) is 3.04. The Morgan fingerprint density at radius 2 is 1.77 bits per heavy atom. The highest BCUT2D eigenvalue weighted by Gasteiger charge is 2.23. The van der Waals surface area contributed by atoms with Crippen molar-refractivity contribution in [3.63, 3.8) is 0 Å². The van der Waals surface area contributed by atoms with E-state index >= 15 is 0 Å². The van der Waals surface area contributed by atoms with Gasteiger partial charge in [-0.05, 0) is 11.1 Å². The highest BCUT2D eigenvalue weighted by molar-refractivity contribution is 5.83. The molecule has 0 radical (unpaired) electrons. The molecule has 0 aliphatic heterocycles. The van der Waals surface area contributed by atoms with Crippen LogP contribution in [0.15, 0.2) is 73.1 Å². The van der Waals surface area contributed by atoms with E-state index in [1.165, 1.54) is 5.56 Å². The molecule has 0 spiro atoms. The van der Waals surface area contributed by atoms with E-state index in [1.807, 2.05) is 54.7 Å². The number of carbonyl (C=O) groups is 1. The molecule has 5 nitrogen and oxygen atoms in total. The first-order valence-electron chi connectivity index (χ1n) is 8.73. The molecule has 3 rings (SSSR count). The topological polar surface area (TPSA) is 64.2 Å². The summed E-state index contributed by atoms with van der Waals surface area (Å²) in [6.07, 6.45) is 3.71. The number of imidazole rings is 1. The Morgan fingerprint density at radius 3 is 2.42 bits per heavy atom. The van der Waals surface area contributed by atoms with Gasteiger partial charge < -0.3 is 15.2 Å². The third-order valence-electron chi connectivity index (χ3n) is 4.49. The number of nitrogens with zero attached hydrogens (tertiary/aromatic N) is 3. The van der Waals surface area contributed by atoms with Gasteiger partial charge in [0.25, 0.3) is 0 Å². The number of amides is 1. The molecule has 1 aromatic heterocycles. The Balaban J connectivity index is 1.71. The maximum absolute atomic E-state index is 12.9. The van der Waals surface area contributed by atoms with Crippen LogP contribution in [0.4, 0.5) is 0 Å². The van der Waals surface area contributed by atoms with Crippen LogP contribution >= 0.6 is 0 Å². The predicted octanol–water partition coefficient (Wildman–Crippen LogP) is 2.63. The average Bonchev–Trinajstić information content (AvgIpc) is 3.10. The molecule has 5 heteroatoms. The van der Waals surface area contributed by atoms with Crippen LogP contribution in [0.25, 0.3) is 0 Å². The van der Waals surface area contributed by atoms with Crippen molar-refractivity contribution in [2.75, 3.05) is 13.6 Å². The number of rotatable bonds is 7. The van der Waals surface area contributed by atoms with Crippen LogP contribution in [0.5, 0.6) is 0 Å². The molecule has 0 saturated heterocycles. The average molecular weight is 348 g/mol. The van der Waals surface area contributed by atoms with Crippen molar-refractivity contribution in [2.45, 2.75) is 19.0 Å². The Morgan fingerprint density at radius 1 is 1.12 bits per heavy atom. The van der Waals surface area contributed by atoms with E-state index in [4.69, 9.17) is 5.73 Å². The fourth-order valence-electron chi connectivity index (χ4n) is 3.04. The quantitative estimate of drug-likeness (QED) is 0.714. The van der Waals surface area contributed by atoms with E-state index in [1.54, 1.807) is 18.1 Å². The van der Waals surface area contributed by atoms with E-state index < -0.39 is 0 Å². The lowest BCUT2D eigenvalue weighted by Crippen LogP contribution is -2.35. The van der Waals surface area contributed by atoms with Gasteiger partial charge in [0.2, 0.25) is 5.91 Å². The van der Waals surface area contributed by atoms with Gasteiger partial charge in [-0.2, -0.15) is 0 Å². The molecular weight excluding hydrogens is 324 g/mol. The molecule has 1 amide bonds. The number of carbonyl (C=O) groups excluding carboxylic acids is 1. The Labute approximate surface area is 154 Å². The zero-order valence-corrected chi connectivity index (χ0v) is 15.0. The maximum Gasteiger partial charge on any atom is 0.231 e. The Bertz CT molecular complexity index is 829. The van der Waals surface area contributed by atoms with Crippen LogP contribution in [0.3, 0.4) is 0 Å². The molecule has 2 aromatic carbocycles. The number of aromatic nitrogens is 2. The number of benzene rings is 2. The first-order chi connectivity index (χ1) is 12.7. The minimum Gasteiger partial charge on any atom is -0.338 e. The van der Waals surface area contributed by atoms with E-state index in [2.05, 4.69) is 21.7 Å². The summed E-state index contributed by atoms with van der Waals surface area (Å²) in [7, 11) is 1.80. The molecule has 2 N–H and O–H groups in total. The molecule has 1 unspecified atom stereocenters. The van der Waals surface area contributed by atoms with Crippen LogP contribution in [-0.4, -0.2) is 34.0 Å². The predicted molar refractivity (Wildman–Crippen MR) is 102 cm³/mol. The zero-order valence-electron chi connectivity index (χ0n) is 15.0. The zero-order chi connectivity index (χ0) is 18.4. The normalized spacial score (nSPS) is 11.9. The van der Waals surface area contributed by atoms with Crippen LogP contribution in [0, 0.1) is 0 Å². The first-order valence-corrected chi connectivity index (χ1v) is 8.73. The highest BCUT2D eigenvalue weighted by atomic mass is 16.2. The van der Waals surface area contributed by atoms with E-state index in [0.717, 1.165) is 17.9 Å². The van der Waals surface area contributed by atoms with Crippen molar-refractivity contribution in [1.82, 2.24) is 14.5 Å². The molecule has 3 aromatic rings. The first kappa shape index (κ1) is 17.9. The Hall–Kier alpha value is -2.92. The molecule has 0 bridgehead atoms. The number of nitrogens with two attached hydrogens (primary N) is 1. The second-order valence-corrected chi connectivity index (χ2v) is 6.35. The van der Waals surface area contributed by atoms with E-state index in [-0.39, 0.29) is 18.4 Å². The minimum absolute atomic E-state index is 0.00737. The monoisotopic (exact) mass is 348 g/mol. The summed E-state index contributed by atoms with van der Waals surface area (Å²) in [6.45, 7) is 1.46. The molecule has 0 fully saturated rings. The third-order valence-corrected chi connectivity index (χ3v) is 4.49. The van der Waals surface area contributed by atoms with Crippen LogP contribution < -0.4 is 5.73 Å². The van der Waals surface area contributed by atoms with Crippen LogP contribution in [-0.2, 0) is 17.9 Å². The molecule has 0 aliphatic rings. The van der Waals surface area contributed by atoms with Crippen molar-refractivity contribution in [2.24, 2.45) is 5.73 Å². The lowest BCUT2D eigenvalue weighted by atomic mass is 9.98. The second kappa shape index (κ2) is 8.45. The van der Waals surface area contributed by atoms with E-state index in [9.17, 15) is 4.79 Å². The van der Waals surface area contributed by atoms with Crippen molar-refractivity contribution in [1.29, 1.82) is 0 Å². The lowest BCUT2D eigenvalue weighted by Gasteiger charge is -2.23. The van der Waals surface area contributed by atoms with Gasteiger partial charge in [0.1, 0.15) is 5.82 Å². The highest BCUT2D eigenvalue weighted by Crippen LogP contribution is 2.18. The standard InChI is InChI=1S/C21H24N4O/c1-24(21(26)19(14-22)18-10-6-3-7-11-18)16-20-23-12-13-25(20)15-17-8-4-2-5-9-17/h2-13,19H,14-16,22H2,1H3. The van der Waals surface area contributed by atoms with Gasteiger partial charge in [-0.15, -0.1) is 0 Å². The minimum atomic E-state index is -0.335. The van der Waals surface area contributed by atoms with Gasteiger partial charge in [-0.25, -0.2) is 4.98 Å². The van der Waals surface area contributed by atoms with Gasteiger partial charge in [-0.1, -0.05) is 60.7 Å². The van der Waals surface area contributed by atoms with Gasteiger partial charge in [0.15, 0.2) is 0 Å². The van der Waals surface area contributed by atoms with Gasteiger partial charge in [-0.3, -0.25) is 4.79 Å². The SMILES string of the molecule is CN(Cc1nccn1Cc1ccccc1)C(=O)C(CN)c1ccccc1. The Kier molecular flexibility index (Phi) is 5.81. The molecule has 1 heterocycles. The fraction of sp³-hybridized carbons (Fsp3) is 0.238. The lowest BCUT2D eigenvalue weighted by molar-refractivity contribution is -0.131. The molecule has 26 heavy (non-hydrogen) atoms. The third kappa shape index (κ3) is 4.18. The molecule has 1 atom stereocenters.